The molecule has 0 aromatic carbocycles. The number of likely N-dealkylation sites (tertiary alicyclic amines) is 1. The summed E-state index contributed by atoms with van der Waals surface area (Å²) in [5.74, 6) is -1.64. The smallest absolute Gasteiger partial charge is 0.315 e. The van der Waals surface area contributed by atoms with Crippen molar-refractivity contribution in [3.8, 4) is 0 Å². The summed E-state index contributed by atoms with van der Waals surface area (Å²) in [5.41, 5.74) is -1.22. The number of rotatable bonds is 17. The van der Waals surface area contributed by atoms with E-state index >= 15 is 0 Å². The van der Waals surface area contributed by atoms with Gasteiger partial charge in [0.05, 0.1) is 11.6 Å². The van der Waals surface area contributed by atoms with Crippen LogP contribution < -0.4 is 21.3 Å². The molecular formula is C38H67N5O6S. The fourth-order valence-electron chi connectivity index (χ4n) is 7.14. The Hall–Kier alpha value is -2.76. The van der Waals surface area contributed by atoms with Gasteiger partial charge < -0.3 is 26.2 Å². The van der Waals surface area contributed by atoms with Crippen LogP contribution in [0.4, 0.5) is 4.79 Å². The number of nitrogens with zero attached hydrogens (tertiary/aromatic N) is 1. The third-order valence-electron chi connectivity index (χ3n) is 10.5. The van der Waals surface area contributed by atoms with Crippen LogP contribution in [-0.4, -0.2) is 85.9 Å². The predicted octanol–water partition coefficient (Wildman–Crippen LogP) is 5.29. The first kappa shape index (κ1) is 43.4. The molecule has 0 aromatic heterocycles. The summed E-state index contributed by atoms with van der Waals surface area (Å²) >= 11 is 0. The number of hydrogen-bond donors (Lipinski definition) is 4. The highest BCUT2D eigenvalue weighted by Gasteiger charge is 2.47. The van der Waals surface area contributed by atoms with Crippen molar-refractivity contribution in [3.63, 3.8) is 0 Å². The van der Waals surface area contributed by atoms with Gasteiger partial charge in [0.1, 0.15) is 12.1 Å². The molecule has 2 aliphatic carbocycles. The largest absolute Gasteiger partial charge is 0.346 e. The molecule has 0 bridgehead atoms. The van der Waals surface area contributed by atoms with Crippen molar-refractivity contribution in [1.29, 1.82) is 0 Å². The quantitative estimate of drug-likeness (QED) is 0.118. The Morgan fingerprint density at radius 1 is 0.980 bits per heavy atom. The van der Waals surface area contributed by atoms with Gasteiger partial charge in [-0.15, -0.1) is 6.58 Å². The van der Waals surface area contributed by atoms with Crippen molar-refractivity contribution in [1.82, 2.24) is 26.2 Å². The van der Waals surface area contributed by atoms with Crippen molar-refractivity contribution < 1.29 is 28.2 Å². The Morgan fingerprint density at radius 2 is 1.62 bits per heavy atom. The molecule has 5 atom stereocenters. The van der Waals surface area contributed by atoms with Crippen molar-refractivity contribution >= 4 is 40.3 Å². The first-order valence-electron chi connectivity index (χ1n) is 19.1. The average molecular weight is 722 g/mol. The Labute approximate surface area is 304 Å². The molecule has 5 unspecified atom stereocenters. The summed E-state index contributed by atoms with van der Waals surface area (Å²) in [6.07, 6.45) is 11.3. The standard InChI is InChI=1S/C36H61N5O6S.C2H6/c1-8-18-36(10-3,24-48(47)34(4,5)6)40-33(46)39-29(35(7)19-12-11-13-20-35)32(45)41-22-14-15-27(41)30(43)38-26(23-25-16-17-25)28(42)31(44)37-21-9-2;1-2/h9,25-27,29H,2,8,10-24H2,1,3-7H3,(H,37,44)(H,38,43)(H2,39,40,46);1-2H3. The number of urea groups is 1. The number of carbonyl (C=O) groups excluding carboxylic acids is 5. The lowest BCUT2D eigenvalue weighted by molar-refractivity contribution is -0.144. The predicted molar refractivity (Wildman–Crippen MR) is 201 cm³/mol. The number of hydrogen-bond acceptors (Lipinski definition) is 6. The van der Waals surface area contributed by atoms with E-state index in [1.54, 1.807) is 4.90 Å². The van der Waals surface area contributed by atoms with Gasteiger partial charge in [-0.25, -0.2) is 4.79 Å². The monoisotopic (exact) mass is 721 g/mol. The van der Waals surface area contributed by atoms with Gasteiger partial charge in [-0.3, -0.25) is 23.4 Å². The Morgan fingerprint density at radius 3 is 2.16 bits per heavy atom. The molecule has 0 aromatic rings. The molecule has 3 aliphatic rings. The molecule has 286 valence electrons. The van der Waals surface area contributed by atoms with E-state index in [-0.39, 0.29) is 18.4 Å². The zero-order valence-electron chi connectivity index (χ0n) is 32.2. The highest BCUT2D eigenvalue weighted by molar-refractivity contribution is 7.86. The SMILES string of the molecule is C=CCNC(=O)C(=O)C(CC1CC1)NC(=O)C1CCCN1C(=O)C(NC(=O)NC(CC)(CCC)CS(=O)C(C)(C)C)C1(C)CCCCC1.CC. The van der Waals surface area contributed by atoms with E-state index < -0.39 is 68.3 Å². The summed E-state index contributed by atoms with van der Waals surface area (Å²) in [6, 6.07) is -3.12. The Balaban J connectivity index is 0.00000425. The number of ketones is 1. The molecule has 12 heteroatoms. The van der Waals surface area contributed by atoms with Crippen LogP contribution in [0, 0.1) is 11.3 Å². The summed E-state index contributed by atoms with van der Waals surface area (Å²) in [5, 5.41) is 11.6. The van der Waals surface area contributed by atoms with Crippen LogP contribution in [0.15, 0.2) is 12.7 Å². The number of nitrogens with one attached hydrogen (secondary N) is 4. The lowest BCUT2D eigenvalue weighted by Crippen LogP contribution is -2.63. The molecule has 5 amide bonds. The first-order valence-corrected chi connectivity index (χ1v) is 20.4. The molecule has 0 radical (unpaired) electrons. The van der Waals surface area contributed by atoms with E-state index in [4.69, 9.17) is 0 Å². The van der Waals surface area contributed by atoms with E-state index in [0.29, 0.717) is 44.4 Å². The van der Waals surface area contributed by atoms with Gasteiger partial charge in [-0.1, -0.05) is 79.2 Å². The molecule has 4 N–H and O–H groups in total. The maximum absolute atomic E-state index is 14.5. The van der Waals surface area contributed by atoms with Gasteiger partial charge in [0.25, 0.3) is 5.91 Å². The van der Waals surface area contributed by atoms with E-state index in [2.05, 4.69) is 27.8 Å². The lowest BCUT2D eigenvalue weighted by atomic mass is 9.70. The number of amides is 5. The average Bonchev–Trinajstić information content (AvgIpc) is 3.76. The fraction of sp³-hybridized carbons (Fsp3) is 0.816. The second kappa shape index (κ2) is 19.7. The maximum atomic E-state index is 14.5. The summed E-state index contributed by atoms with van der Waals surface area (Å²) in [6.45, 7) is 19.9. The van der Waals surface area contributed by atoms with Crippen LogP contribution in [-0.2, 0) is 30.0 Å². The molecule has 1 saturated heterocycles. The topological polar surface area (TPSA) is 154 Å². The summed E-state index contributed by atoms with van der Waals surface area (Å²) in [7, 11) is -1.20. The van der Waals surface area contributed by atoms with E-state index in [1.807, 2.05) is 55.4 Å². The molecule has 1 aliphatic heterocycles. The molecule has 11 nitrogen and oxygen atoms in total. The van der Waals surface area contributed by atoms with Gasteiger partial charge in [0, 0.05) is 34.4 Å². The summed E-state index contributed by atoms with van der Waals surface area (Å²) < 4.78 is 12.8. The van der Waals surface area contributed by atoms with Gasteiger partial charge in [-0.2, -0.15) is 0 Å². The summed E-state index contributed by atoms with van der Waals surface area (Å²) in [4.78, 5) is 69.3. The van der Waals surface area contributed by atoms with Crippen molar-refractivity contribution in [3.05, 3.63) is 12.7 Å². The van der Waals surface area contributed by atoms with Crippen molar-refractivity contribution in [2.24, 2.45) is 11.3 Å². The number of Topliss-reactive ketones (excluding diaryl/α,β-unsaturated/α-hetero) is 1. The van der Waals surface area contributed by atoms with Crippen LogP contribution in [0.1, 0.15) is 139 Å². The molecule has 3 rings (SSSR count). The minimum absolute atomic E-state index is 0.145. The van der Waals surface area contributed by atoms with Gasteiger partial charge >= 0.3 is 6.03 Å². The minimum atomic E-state index is -1.20. The van der Waals surface area contributed by atoms with Crippen molar-refractivity contribution in [2.75, 3.05) is 18.8 Å². The number of carbonyl (C=O) groups is 5. The third kappa shape index (κ3) is 12.2. The van der Waals surface area contributed by atoms with E-state index in [9.17, 15) is 28.2 Å². The second-order valence-corrected chi connectivity index (χ2v) is 17.7. The molecule has 2 saturated carbocycles. The molecule has 3 fully saturated rings. The van der Waals surface area contributed by atoms with Crippen LogP contribution in [0.2, 0.25) is 0 Å². The van der Waals surface area contributed by atoms with Crippen LogP contribution in [0.25, 0.3) is 0 Å². The maximum Gasteiger partial charge on any atom is 0.315 e. The normalized spacial score (nSPS) is 21.6. The Bertz CT molecular complexity index is 1210. The third-order valence-corrected chi connectivity index (χ3v) is 12.6. The van der Waals surface area contributed by atoms with E-state index in [1.165, 1.54) is 6.08 Å². The van der Waals surface area contributed by atoms with Crippen molar-refractivity contribution in [2.45, 2.75) is 167 Å². The molecule has 50 heavy (non-hydrogen) atoms. The molecule has 0 spiro atoms. The Kier molecular flexibility index (Phi) is 17.1. The highest BCUT2D eigenvalue weighted by Crippen LogP contribution is 2.40. The second-order valence-electron chi connectivity index (χ2n) is 15.5. The first-order chi connectivity index (χ1) is 23.6. The van der Waals surface area contributed by atoms with Crippen LogP contribution in [0.5, 0.6) is 0 Å². The van der Waals surface area contributed by atoms with E-state index in [0.717, 1.165) is 51.4 Å². The van der Waals surface area contributed by atoms with Crippen LogP contribution in [0.3, 0.4) is 0 Å². The molecule has 1 heterocycles. The van der Waals surface area contributed by atoms with Gasteiger partial charge in [-0.05, 0) is 77.0 Å². The van der Waals surface area contributed by atoms with Gasteiger partial charge in [0.15, 0.2) is 0 Å². The lowest BCUT2D eigenvalue weighted by Gasteiger charge is -2.43. The highest BCUT2D eigenvalue weighted by atomic mass is 32.2. The molecular weight excluding hydrogens is 655 g/mol. The zero-order chi connectivity index (χ0) is 37.7. The fourth-order valence-corrected chi connectivity index (χ4v) is 8.50. The van der Waals surface area contributed by atoms with Crippen LogP contribution >= 0.6 is 0 Å². The zero-order valence-corrected chi connectivity index (χ0v) is 33.0. The van der Waals surface area contributed by atoms with Gasteiger partial charge in [0.2, 0.25) is 17.6 Å². The minimum Gasteiger partial charge on any atom is -0.346 e.